The van der Waals surface area contributed by atoms with E-state index in [1.165, 1.54) is 6.92 Å². The van der Waals surface area contributed by atoms with Gasteiger partial charge in [0, 0.05) is 6.92 Å². The highest BCUT2D eigenvalue weighted by Crippen LogP contribution is 2.42. The first-order chi connectivity index (χ1) is 24.7. The lowest BCUT2D eigenvalue weighted by atomic mass is 9.90. The van der Waals surface area contributed by atoms with Crippen molar-refractivity contribution in [2.75, 3.05) is 6.61 Å². The fourth-order valence-corrected chi connectivity index (χ4v) is 10.8. The maximum absolute atomic E-state index is 14.1. The van der Waals surface area contributed by atoms with Gasteiger partial charge in [0.1, 0.15) is 18.1 Å². The van der Waals surface area contributed by atoms with Crippen molar-refractivity contribution in [2.45, 2.75) is 110 Å². The molecular weight excluding hydrogens is 671 g/mol. The summed E-state index contributed by atoms with van der Waals surface area (Å²) in [5.41, 5.74) is 1.03. The summed E-state index contributed by atoms with van der Waals surface area (Å²) in [6.07, 6.45) is 3.12. The molecule has 4 N–H and O–H groups in total. The topological polar surface area (TPSA) is 134 Å². The Morgan fingerprint density at radius 1 is 0.769 bits per heavy atom. The highest BCUT2D eigenvalue weighted by atomic mass is 28.4. The Morgan fingerprint density at radius 3 is 1.79 bits per heavy atom. The summed E-state index contributed by atoms with van der Waals surface area (Å²) in [5, 5.41) is 9.60. The number of carbonyl (C=O) groups is 4. The van der Waals surface area contributed by atoms with Crippen molar-refractivity contribution in [2.24, 2.45) is 11.8 Å². The Kier molecular flexibility index (Phi) is 16.3. The first-order valence-electron chi connectivity index (χ1n) is 18.6. The van der Waals surface area contributed by atoms with E-state index in [0.717, 1.165) is 22.4 Å². The molecule has 0 fully saturated rings. The standard InChI is InChI=1S/C42H59N3O6Si/c1-8-9-27-51-41(49)38(31(4)29-42(6,7)52(50,34-21-15-11-16-22-34)35-23-17-12-18-24-35)45-40(48)37(28-30(2)3)44-39(47)36(43-32(5)46)26-25-33-19-13-10-14-20-33/h10-24,30-31,36-38,50H,8-9,25-29H2,1-7H3,(H,43,46)(H,44,47)(H,45,48)/t31-,36-,37-,38-/m0/s1. The van der Waals surface area contributed by atoms with Crippen LogP contribution in [0.25, 0.3) is 0 Å². The van der Waals surface area contributed by atoms with Crippen LogP contribution in [-0.2, 0) is 30.3 Å². The van der Waals surface area contributed by atoms with Crippen molar-refractivity contribution < 1.29 is 28.7 Å². The number of ether oxygens (including phenoxy) is 1. The summed E-state index contributed by atoms with van der Waals surface area (Å²) in [7, 11) is -3.42. The molecule has 10 heteroatoms. The zero-order valence-electron chi connectivity index (χ0n) is 32.0. The minimum Gasteiger partial charge on any atom is -0.464 e. The third-order valence-corrected chi connectivity index (χ3v) is 14.2. The zero-order valence-corrected chi connectivity index (χ0v) is 33.0. The van der Waals surface area contributed by atoms with Gasteiger partial charge in [0.2, 0.25) is 17.7 Å². The van der Waals surface area contributed by atoms with E-state index in [-0.39, 0.29) is 18.4 Å². The summed E-state index contributed by atoms with van der Waals surface area (Å²) >= 11 is 0. The van der Waals surface area contributed by atoms with Gasteiger partial charge in [-0.15, -0.1) is 0 Å². The molecule has 3 aromatic rings. The highest BCUT2D eigenvalue weighted by Gasteiger charge is 2.51. The quantitative estimate of drug-likeness (QED) is 0.0732. The van der Waals surface area contributed by atoms with Crippen molar-refractivity contribution in [3.63, 3.8) is 0 Å². The van der Waals surface area contributed by atoms with Gasteiger partial charge < -0.3 is 25.5 Å². The minimum atomic E-state index is -3.42. The smallest absolute Gasteiger partial charge is 0.328 e. The Bertz CT molecular complexity index is 1530. The Morgan fingerprint density at radius 2 is 1.29 bits per heavy atom. The van der Waals surface area contributed by atoms with Crippen LogP contribution in [0.15, 0.2) is 91.0 Å². The highest BCUT2D eigenvalue weighted by molar-refractivity contribution is 6.98. The number of benzene rings is 3. The monoisotopic (exact) mass is 729 g/mol. The van der Waals surface area contributed by atoms with Crippen LogP contribution in [0.2, 0.25) is 5.04 Å². The van der Waals surface area contributed by atoms with E-state index >= 15 is 0 Å². The van der Waals surface area contributed by atoms with E-state index in [9.17, 15) is 24.0 Å². The van der Waals surface area contributed by atoms with Crippen LogP contribution < -0.4 is 26.3 Å². The molecule has 3 rings (SSSR count). The molecule has 9 nitrogen and oxygen atoms in total. The molecule has 0 bridgehead atoms. The van der Waals surface area contributed by atoms with Gasteiger partial charge in [-0.1, -0.05) is 139 Å². The average Bonchev–Trinajstić information content (AvgIpc) is 3.12. The molecule has 52 heavy (non-hydrogen) atoms. The number of hydrogen-bond donors (Lipinski definition) is 4. The van der Waals surface area contributed by atoms with Crippen LogP contribution in [0, 0.1) is 11.8 Å². The van der Waals surface area contributed by atoms with Gasteiger partial charge in [-0.3, -0.25) is 14.4 Å². The Hall–Kier alpha value is -4.28. The summed E-state index contributed by atoms with van der Waals surface area (Å²) in [6, 6.07) is 26.2. The number of unbranched alkanes of at least 4 members (excludes halogenated alkanes) is 1. The Balaban J connectivity index is 1.90. The van der Waals surface area contributed by atoms with Gasteiger partial charge in [-0.25, -0.2) is 4.79 Å². The van der Waals surface area contributed by atoms with Crippen LogP contribution >= 0.6 is 0 Å². The van der Waals surface area contributed by atoms with Gasteiger partial charge >= 0.3 is 5.97 Å². The molecule has 0 heterocycles. The fraction of sp³-hybridized carbons (Fsp3) is 0.476. The second-order valence-electron chi connectivity index (χ2n) is 15.0. The van der Waals surface area contributed by atoms with Gasteiger partial charge in [0.05, 0.1) is 6.61 Å². The van der Waals surface area contributed by atoms with Gasteiger partial charge in [-0.2, -0.15) is 0 Å². The third kappa shape index (κ3) is 11.9. The second kappa shape index (κ2) is 20.1. The number of carbonyl (C=O) groups excluding carboxylic acids is 4. The van der Waals surface area contributed by atoms with E-state index in [0.29, 0.717) is 32.1 Å². The molecule has 0 aliphatic carbocycles. The molecule has 0 radical (unpaired) electrons. The number of rotatable bonds is 20. The van der Waals surface area contributed by atoms with Crippen LogP contribution in [0.5, 0.6) is 0 Å². The third-order valence-electron chi connectivity index (χ3n) is 9.66. The molecule has 4 atom stereocenters. The predicted molar refractivity (Wildman–Crippen MR) is 209 cm³/mol. The molecule has 0 spiro atoms. The van der Waals surface area contributed by atoms with Gasteiger partial charge in [0.25, 0.3) is 8.32 Å². The summed E-state index contributed by atoms with van der Waals surface area (Å²) < 4.78 is 5.69. The predicted octanol–water partition coefficient (Wildman–Crippen LogP) is 5.04. The van der Waals surface area contributed by atoms with Crippen molar-refractivity contribution in [3.05, 3.63) is 96.6 Å². The molecule has 3 amide bonds. The molecule has 0 aliphatic heterocycles. The molecule has 282 valence electrons. The summed E-state index contributed by atoms with van der Waals surface area (Å²) in [5.74, 6) is -2.30. The minimum absolute atomic E-state index is 0.0312. The average molecular weight is 730 g/mol. The molecule has 0 saturated heterocycles. The number of aryl methyl sites for hydroxylation is 1. The summed E-state index contributed by atoms with van der Waals surface area (Å²) in [4.78, 5) is 66.4. The molecule has 0 aromatic heterocycles. The maximum Gasteiger partial charge on any atom is 0.328 e. The lowest BCUT2D eigenvalue weighted by Crippen LogP contribution is -2.66. The summed E-state index contributed by atoms with van der Waals surface area (Å²) in [6.45, 7) is 13.4. The van der Waals surface area contributed by atoms with Gasteiger partial charge in [-0.05, 0) is 64.9 Å². The van der Waals surface area contributed by atoms with Crippen LogP contribution in [0.4, 0.5) is 0 Å². The lowest BCUT2D eigenvalue weighted by Gasteiger charge is -2.43. The molecule has 3 aromatic carbocycles. The lowest BCUT2D eigenvalue weighted by molar-refractivity contribution is -0.150. The van der Waals surface area contributed by atoms with E-state index in [1.54, 1.807) is 0 Å². The zero-order chi connectivity index (χ0) is 38.3. The van der Waals surface area contributed by atoms with E-state index in [2.05, 4.69) is 16.0 Å². The largest absolute Gasteiger partial charge is 0.464 e. The van der Waals surface area contributed by atoms with Crippen molar-refractivity contribution >= 4 is 42.4 Å². The van der Waals surface area contributed by atoms with E-state index in [1.807, 2.05) is 133 Å². The second-order valence-corrected chi connectivity index (χ2v) is 18.9. The first kappa shape index (κ1) is 42.1. The molecule has 0 aliphatic rings. The van der Waals surface area contributed by atoms with E-state index in [4.69, 9.17) is 4.74 Å². The number of amides is 3. The van der Waals surface area contributed by atoms with Crippen molar-refractivity contribution in [1.82, 2.24) is 16.0 Å². The van der Waals surface area contributed by atoms with Crippen LogP contribution in [0.1, 0.15) is 86.1 Å². The SMILES string of the molecule is CCCCOC(=O)[C@@H](NC(=O)[C@H](CC(C)C)NC(=O)[C@H](CCc1ccccc1)NC(C)=O)[C@@H](C)CC(C)(C)[Si](O)(c1ccccc1)c1ccccc1. The van der Waals surface area contributed by atoms with Crippen LogP contribution in [0.3, 0.4) is 0 Å². The molecule has 0 unspecified atom stereocenters. The normalized spacial score (nSPS) is 14.1. The van der Waals surface area contributed by atoms with Crippen molar-refractivity contribution in [1.29, 1.82) is 0 Å². The van der Waals surface area contributed by atoms with E-state index < -0.39 is 55.2 Å². The number of nitrogens with one attached hydrogen (secondary N) is 3. The van der Waals surface area contributed by atoms with Crippen molar-refractivity contribution in [3.8, 4) is 0 Å². The maximum atomic E-state index is 14.1. The van der Waals surface area contributed by atoms with Gasteiger partial charge in [0.15, 0.2) is 0 Å². The fourth-order valence-electron chi connectivity index (χ4n) is 6.92. The number of hydrogen-bond acceptors (Lipinski definition) is 6. The van der Waals surface area contributed by atoms with Crippen LogP contribution in [-0.4, -0.2) is 61.5 Å². The number of esters is 1. The Labute approximate surface area is 311 Å². The molecular formula is C42H59N3O6Si. The first-order valence-corrected chi connectivity index (χ1v) is 20.6. The molecule has 0 saturated carbocycles.